The maximum absolute atomic E-state index is 10.7. The van der Waals surface area contributed by atoms with Crippen LogP contribution >= 0.6 is 0 Å². The van der Waals surface area contributed by atoms with Crippen LogP contribution in [0.4, 0.5) is 0 Å². The summed E-state index contributed by atoms with van der Waals surface area (Å²) in [5, 5.41) is 21.3. The molecular weight excluding hydrogens is 328 g/mol. The maximum atomic E-state index is 10.7. The molecule has 0 aromatic heterocycles. The molecule has 2 N–H and O–H groups in total. The smallest absolute Gasteiger partial charge is 0.207 e. The van der Waals surface area contributed by atoms with Crippen LogP contribution in [0.5, 0.6) is 23.0 Å². The van der Waals surface area contributed by atoms with Gasteiger partial charge in [0.05, 0.1) is 13.2 Å². The Morgan fingerprint density at radius 3 is 1.58 bits per heavy atom. The molecule has 0 saturated heterocycles. The summed E-state index contributed by atoms with van der Waals surface area (Å²) in [6.07, 6.45) is 9.83. The van der Waals surface area contributed by atoms with Crippen LogP contribution in [0.25, 0.3) is 0 Å². The molecule has 0 bridgehead atoms. The fourth-order valence-corrected chi connectivity index (χ4v) is 3.11. The van der Waals surface area contributed by atoms with Crippen LogP contribution in [0.3, 0.4) is 0 Å². The van der Waals surface area contributed by atoms with Crippen molar-refractivity contribution in [3.63, 3.8) is 0 Å². The lowest BCUT2D eigenvalue weighted by molar-refractivity contribution is 0.250. The molecule has 0 heterocycles. The van der Waals surface area contributed by atoms with Gasteiger partial charge >= 0.3 is 0 Å². The minimum absolute atomic E-state index is 0.0254. The Bertz CT molecular complexity index is 526. The number of aromatic hydroxyl groups is 2. The quantitative estimate of drug-likeness (QED) is 0.307. The van der Waals surface area contributed by atoms with E-state index in [-0.39, 0.29) is 11.5 Å². The summed E-state index contributed by atoms with van der Waals surface area (Å²) in [7, 11) is 0. The summed E-state index contributed by atoms with van der Waals surface area (Å²) in [5.41, 5.74) is 1.85. The minimum Gasteiger partial charge on any atom is -0.504 e. The number of ether oxygens (including phenoxy) is 2. The van der Waals surface area contributed by atoms with Crippen molar-refractivity contribution < 1.29 is 19.7 Å². The first kappa shape index (κ1) is 22.5. The lowest BCUT2D eigenvalue weighted by atomic mass is 9.94. The van der Waals surface area contributed by atoms with E-state index in [1.807, 2.05) is 6.92 Å². The topological polar surface area (TPSA) is 58.9 Å². The Labute approximate surface area is 159 Å². The average Bonchev–Trinajstić information content (AvgIpc) is 2.64. The van der Waals surface area contributed by atoms with Gasteiger partial charge < -0.3 is 19.7 Å². The highest BCUT2D eigenvalue weighted by Gasteiger charge is 2.25. The van der Waals surface area contributed by atoms with Gasteiger partial charge in [-0.3, -0.25) is 0 Å². The van der Waals surface area contributed by atoms with Crippen molar-refractivity contribution in [2.24, 2.45) is 0 Å². The van der Waals surface area contributed by atoms with E-state index in [0.717, 1.165) is 75.3 Å². The normalized spacial score (nSPS) is 10.9. The van der Waals surface area contributed by atoms with E-state index in [0.29, 0.717) is 24.7 Å². The summed E-state index contributed by atoms with van der Waals surface area (Å²) < 4.78 is 11.8. The molecule has 0 aliphatic heterocycles. The zero-order valence-electron chi connectivity index (χ0n) is 17.2. The molecule has 26 heavy (non-hydrogen) atoms. The molecule has 0 aliphatic rings. The van der Waals surface area contributed by atoms with Crippen molar-refractivity contribution in [1.82, 2.24) is 0 Å². The van der Waals surface area contributed by atoms with Crippen LogP contribution in [-0.4, -0.2) is 23.4 Å². The zero-order valence-corrected chi connectivity index (χ0v) is 17.2. The van der Waals surface area contributed by atoms with Crippen molar-refractivity contribution >= 4 is 0 Å². The summed E-state index contributed by atoms with van der Waals surface area (Å²) in [4.78, 5) is 0. The van der Waals surface area contributed by atoms with E-state index >= 15 is 0 Å². The molecule has 150 valence electrons. The number of unbranched alkanes of at least 4 members (excludes halogenated alkanes) is 4. The highest BCUT2D eigenvalue weighted by atomic mass is 16.5. The van der Waals surface area contributed by atoms with Gasteiger partial charge in [0.25, 0.3) is 0 Å². The number of hydrogen-bond acceptors (Lipinski definition) is 4. The van der Waals surface area contributed by atoms with Crippen LogP contribution in [-0.2, 0) is 12.8 Å². The molecule has 0 radical (unpaired) electrons. The summed E-state index contributed by atoms with van der Waals surface area (Å²) in [6, 6.07) is 0. The Hall–Kier alpha value is -1.58. The first-order valence-electron chi connectivity index (χ1n) is 10.5. The zero-order chi connectivity index (χ0) is 19.4. The lowest BCUT2D eigenvalue weighted by Gasteiger charge is -2.22. The highest BCUT2D eigenvalue weighted by molar-refractivity contribution is 5.66. The number of rotatable bonds is 14. The third-order valence-electron chi connectivity index (χ3n) is 4.53. The van der Waals surface area contributed by atoms with Gasteiger partial charge in [-0.25, -0.2) is 0 Å². The van der Waals surface area contributed by atoms with Crippen molar-refractivity contribution in [3.05, 3.63) is 11.1 Å². The second-order valence-corrected chi connectivity index (χ2v) is 6.92. The fraction of sp³-hybridized carbons (Fsp3) is 0.727. The van der Waals surface area contributed by atoms with E-state index in [1.54, 1.807) is 0 Å². The summed E-state index contributed by atoms with van der Waals surface area (Å²) in [5.74, 6) is 0.750. The van der Waals surface area contributed by atoms with Gasteiger partial charge in [-0.05, 0) is 38.5 Å². The fourth-order valence-electron chi connectivity index (χ4n) is 3.11. The Morgan fingerprint density at radius 1 is 0.577 bits per heavy atom. The Kier molecular flexibility index (Phi) is 11.0. The van der Waals surface area contributed by atoms with Crippen LogP contribution in [0.15, 0.2) is 0 Å². The molecule has 0 spiro atoms. The van der Waals surface area contributed by atoms with Crippen LogP contribution in [0.2, 0.25) is 0 Å². The predicted molar refractivity (Wildman–Crippen MR) is 108 cm³/mol. The van der Waals surface area contributed by atoms with Crippen LogP contribution in [0, 0.1) is 0 Å². The molecule has 0 aliphatic carbocycles. The lowest BCUT2D eigenvalue weighted by Crippen LogP contribution is -2.08. The van der Waals surface area contributed by atoms with Crippen LogP contribution < -0.4 is 9.47 Å². The highest BCUT2D eigenvalue weighted by Crippen LogP contribution is 2.49. The molecule has 4 heteroatoms. The predicted octanol–water partition coefficient (Wildman–Crippen LogP) is 6.14. The Balaban J connectivity index is 3.36. The van der Waals surface area contributed by atoms with Crippen molar-refractivity contribution in [2.45, 2.75) is 91.9 Å². The maximum Gasteiger partial charge on any atom is 0.207 e. The van der Waals surface area contributed by atoms with Crippen molar-refractivity contribution in [3.8, 4) is 23.0 Å². The van der Waals surface area contributed by atoms with E-state index in [9.17, 15) is 10.2 Å². The third-order valence-corrected chi connectivity index (χ3v) is 4.53. The molecule has 1 aromatic carbocycles. The second kappa shape index (κ2) is 12.7. The molecule has 0 saturated carbocycles. The third kappa shape index (κ3) is 6.30. The standard InChI is InChI=1S/C22H38O4/c1-5-9-11-13-17-18(14-12-10-6-2)21(25-15-7-3)22(26-16-8-4)20(24)19(17)23/h23-24H,5-16H2,1-4H3. The molecule has 0 fully saturated rings. The van der Waals surface area contributed by atoms with Crippen molar-refractivity contribution in [1.29, 1.82) is 0 Å². The number of benzene rings is 1. The van der Waals surface area contributed by atoms with Gasteiger partial charge in [0.2, 0.25) is 11.5 Å². The summed E-state index contributed by atoms with van der Waals surface area (Å²) in [6.45, 7) is 9.48. The van der Waals surface area contributed by atoms with E-state index < -0.39 is 0 Å². The van der Waals surface area contributed by atoms with Gasteiger partial charge in [0.1, 0.15) is 0 Å². The molecule has 0 unspecified atom stereocenters. The number of phenols is 2. The minimum atomic E-state index is -0.171. The SMILES string of the molecule is CCCCCc1c(O)c(O)c(OCCC)c(OCCC)c1CCCCC. The Morgan fingerprint density at radius 2 is 1.08 bits per heavy atom. The van der Waals surface area contributed by atoms with E-state index in [4.69, 9.17) is 9.47 Å². The molecule has 1 rings (SSSR count). The molecular formula is C22H38O4. The first-order chi connectivity index (χ1) is 12.6. The molecule has 1 aromatic rings. The van der Waals surface area contributed by atoms with E-state index in [2.05, 4.69) is 20.8 Å². The molecule has 4 nitrogen and oxygen atoms in total. The number of phenolic OH excluding ortho intramolecular Hbond substituents is 2. The van der Waals surface area contributed by atoms with Crippen LogP contribution in [0.1, 0.15) is 90.2 Å². The van der Waals surface area contributed by atoms with Crippen molar-refractivity contribution in [2.75, 3.05) is 13.2 Å². The van der Waals surface area contributed by atoms with Gasteiger partial charge in [0.15, 0.2) is 11.5 Å². The molecule has 0 amide bonds. The summed E-state index contributed by atoms with van der Waals surface area (Å²) >= 11 is 0. The van der Waals surface area contributed by atoms with Gasteiger partial charge in [-0.15, -0.1) is 0 Å². The largest absolute Gasteiger partial charge is 0.504 e. The van der Waals surface area contributed by atoms with Gasteiger partial charge in [-0.1, -0.05) is 53.4 Å². The van der Waals surface area contributed by atoms with Gasteiger partial charge in [0, 0.05) is 11.1 Å². The monoisotopic (exact) mass is 366 g/mol. The average molecular weight is 367 g/mol. The molecule has 0 atom stereocenters. The first-order valence-corrected chi connectivity index (χ1v) is 10.5. The number of hydrogen-bond donors (Lipinski definition) is 2. The van der Waals surface area contributed by atoms with E-state index in [1.165, 1.54) is 0 Å². The van der Waals surface area contributed by atoms with Gasteiger partial charge in [-0.2, -0.15) is 0 Å². The second-order valence-electron chi connectivity index (χ2n) is 6.92.